The zero-order valence-corrected chi connectivity index (χ0v) is 22.8. The van der Waals surface area contributed by atoms with Crippen LogP contribution >= 0.6 is 10.5 Å². The van der Waals surface area contributed by atoms with Gasteiger partial charge in [-0.15, -0.1) is 0 Å². The van der Waals surface area contributed by atoms with Crippen LogP contribution in [0.1, 0.15) is 18.4 Å². The molecule has 1 aromatic heterocycles. The van der Waals surface area contributed by atoms with Gasteiger partial charge in [-0.05, 0) is 55.3 Å². The van der Waals surface area contributed by atoms with E-state index in [1.807, 2.05) is 0 Å². The van der Waals surface area contributed by atoms with Gasteiger partial charge >= 0.3 is 12.1 Å². The first-order valence-electron chi connectivity index (χ1n) is 12.9. The standard InChI is InChI=1S/C29H22F3O7S2/c30-29(31,32)16-5-10-23-20(13-16)26(34)19-3-1-2-4-22(19)40(23)18-8-6-17(7-9-18)37-14-25(33)38-27-15-11-21-24(12-15)41(35,36)39-28(21)27/h1-10,13,15,21,24,27-28H,11-12,14H2/q+1. The second kappa shape index (κ2) is 9.27. The fourth-order valence-corrected chi connectivity index (χ4v) is 10.7. The summed E-state index contributed by atoms with van der Waals surface area (Å²) in [6.45, 7) is -0.387. The Kier molecular flexibility index (Phi) is 5.97. The third-order valence-electron chi connectivity index (χ3n) is 8.22. The van der Waals surface area contributed by atoms with Gasteiger partial charge in [-0.1, -0.05) is 12.1 Å². The minimum atomic E-state index is -4.58. The second-order valence-electron chi connectivity index (χ2n) is 10.5. The van der Waals surface area contributed by atoms with Crippen molar-refractivity contribution in [1.29, 1.82) is 0 Å². The topological polar surface area (TPSA) is 96.0 Å². The zero-order valence-electron chi connectivity index (χ0n) is 21.2. The van der Waals surface area contributed by atoms with Crippen molar-refractivity contribution in [1.82, 2.24) is 0 Å². The lowest BCUT2D eigenvalue weighted by Gasteiger charge is -2.24. The third kappa shape index (κ3) is 4.31. The van der Waals surface area contributed by atoms with Crippen LogP contribution in [0.15, 0.2) is 71.5 Å². The largest absolute Gasteiger partial charge is 0.482 e. The number of carbonyl (C=O) groups is 1. The summed E-state index contributed by atoms with van der Waals surface area (Å²) in [4.78, 5) is 26.4. The summed E-state index contributed by atoms with van der Waals surface area (Å²) < 4.78 is 82.1. The van der Waals surface area contributed by atoms with Crippen molar-refractivity contribution < 1.29 is 40.0 Å². The van der Waals surface area contributed by atoms with Crippen LogP contribution in [0.3, 0.4) is 0 Å². The zero-order chi connectivity index (χ0) is 28.7. The maximum absolute atomic E-state index is 13.4. The van der Waals surface area contributed by atoms with Gasteiger partial charge in [-0.3, -0.25) is 8.98 Å². The van der Waals surface area contributed by atoms with Gasteiger partial charge in [-0.2, -0.15) is 21.6 Å². The maximum atomic E-state index is 13.4. The molecule has 6 atom stereocenters. The first-order valence-corrected chi connectivity index (χ1v) is 15.6. The molecule has 41 heavy (non-hydrogen) atoms. The Morgan fingerprint density at radius 1 is 0.976 bits per heavy atom. The van der Waals surface area contributed by atoms with Gasteiger partial charge in [0.15, 0.2) is 20.9 Å². The molecule has 0 amide bonds. The van der Waals surface area contributed by atoms with Crippen molar-refractivity contribution in [2.75, 3.05) is 6.61 Å². The monoisotopic (exact) mass is 603 g/mol. The van der Waals surface area contributed by atoms with Crippen LogP contribution in [-0.4, -0.2) is 38.5 Å². The molecule has 2 heterocycles. The van der Waals surface area contributed by atoms with E-state index in [1.165, 1.54) is 6.07 Å². The highest BCUT2D eigenvalue weighted by Crippen LogP contribution is 2.55. The van der Waals surface area contributed by atoms with Crippen LogP contribution in [0.25, 0.3) is 25.1 Å². The van der Waals surface area contributed by atoms with Crippen LogP contribution in [0.5, 0.6) is 5.75 Å². The molecule has 3 aromatic carbocycles. The van der Waals surface area contributed by atoms with Gasteiger partial charge in [0, 0.05) is 34.4 Å². The van der Waals surface area contributed by atoms with Crippen LogP contribution in [0.2, 0.25) is 0 Å². The van der Waals surface area contributed by atoms with Crippen molar-refractivity contribution in [3.8, 4) is 10.6 Å². The number of alkyl halides is 3. The SMILES string of the molecule is O=C(COc1ccc(-[s+]2c3ccccc3c(=O)c3cc(C(F)(F)F)ccc32)cc1)OC1C2CC3C1OS(=O)(=O)C3C2. The van der Waals surface area contributed by atoms with Crippen molar-refractivity contribution in [2.45, 2.75) is 36.5 Å². The summed E-state index contributed by atoms with van der Waals surface area (Å²) >= 11 is 0. The van der Waals surface area contributed by atoms with E-state index in [9.17, 15) is 31.2 Å². The summed E-state index contributed by atoms with van der Waals surface area (Å²) in [5, 5.41) is -0.122. The molecule has 2 saturated carbocycles. The van der Waals surface area contributed by atoms with Crippen molar-refractivity contribution in [2.24, 2.45) is 11.8 Å². The Morgan fingerprint density at radius 3 is 2.46 bits per heavy atom. The number of hydrogen-bond donors (Lipinski definition) is 0. The summed E-state index contributed by atoms with van der Waals surface area (Å²) in [6, 6.07) is 17.0. The van der Waals surface area contributed by atoms with Crippen molar-refractivity contribution in [3.63, 3.8) is 0 Å². The molecule has 2 aliphatic carbocycles. The number of esters is 1. The molecule has 1 aliphatic heterocycles. The molecule has 0 N–H and O–H groups in total. The van der Waals surface area contributed by atoms with Gasteiger partial charge in [0.1, 0.15) is 18.0 Å². The van der Waals surface area contributed by atoms with Crippen LogP contribution < -0.4 is 10.2 Å². The minimum absolute atomic E-state index is 0.0240. The molecule has 12 heteroatoms. The molecule has 0 radical (unpaired) electrons. The molecule has 3 aliphatic rings. The summed E-state index contributed by atoms with van der Waals surface area (Å²) in [6.07, 6.45) is -4.73. The molecule has 1 saturated heterocycles. The normalized spacial score (nSPS) is 26.5. The van der Waals surface area contributed by atoms with E-state index < -0.39 is 61.2 Å². The summed E-state index contributed by atoms with van der Waals surface area (Å²) in [5.74, 6) is -0.442. The van der Waals surface area contributed by atoms with E-state index in [2.05, 4.69) is 0 Å². The Hall–Kier alpha value is -3.48. The average Bonchev–Trinajstić information content (AvgIpc) is 3.57. The Labute approximate surface area is 234 Å². The molecular weight excluding hydrogens is 581 g/mol. The highest BCUT2D eigenvalue weighted by atomic mass is 32.2. The molecule has 7 nitrogen and oxygen atoms in total. The van der Waals surface area contributed by atoms with Gasteiger partial charge in [-0.25, -0.2) is 4.79 Å². The molecule has 7 rings (SSSR count). The fraction of sp³-hybridized carbons (Fsp3) is 0.310. The second-order valence-corrected chi connectivity index (χ2v) is 14.3. The summed E-state index contributed by atoms with van der Waals surface area (Å²) in [7, 11) is -4.45. The van der Waals surface area contributed by atoms with E-state index >= 15 is 0 Å². The van der Waals surface area contributed by atoms with Gasteiger partial charge in [0.05, 0.1) is 21.6 Å². The Bertz CT molecular complexity index is 1880. The van der Waals surface area contributed by atoms with E-state index in [1.54, 1.807) is 48.5 Å². The van der Waals surface area contributed by atoms with E-state index in [-0.39, 0.29) is 23.8 Å². The first-order chi connectivity index (χ1) is 19.5. The van der Waals surface area contributed by atoms with Gasteiger partial charge < -0.3 is 9.47 Å². The lowest BCUT2D eigenvalue weighted by Crippen LogP contribution is -2.38. The fourth-order valence-electron chi connectivity index (χ4n) is 6.46. The maximum Gasteiger partial charge on any atom is 0.416 e. The van der Waals surface area contributed by atoms with Crippen molar-refractivity contribution in [3.05, 3.63) is 82.5 Å². The molecular formula is C29H22F3O7S2+. The molecule has 4 aromatic rings. The van der Waals surface area contributed by atoms with Crippen LogP contribution in [-0.2, 0) is 30.0 Å². The quantitative estimate of drug-likeness (QED) is 0.128. The molecule has 3 fully saturated rings. The highest BCUT2D eigenvalue weighted by molar-refractivity contribution is 7.87. The first kappa shape index (κ1) is 26.4. The number of hydrogen-bond acceptors (Lipinski definition) is 7. The summed E-state index contributed by atoms with van der Waals surface area (Å²) in [5.41, 5.74) is -1.33. The Morgan fingerprint density at radius 2 is 1.71 bits per heavy atom. The predicted octanol–water partition coefficient (Wildman–Crippen LogP) is 5.54. The number of benzene rings is 3. The van der Waals surface area contributed by atoms with Crippen LogP contribution in [0.4, 0.5) is 13.2 Å². The molecule has 0 spiro atoms. The lowest BCUT2D eigenvalue weighted by atomic mass is 9.94. The van der Waals surface area contributed by atoms with Crippen LogP contribution in [0, 0.1) is 11.8 Å². The van der Waals surface area contributed by atoms with Crippen molar-refractivity contribution >= 4 is 46.7 Å². The highest BCUT2D eigenvalue weighted by Gasteiger charge is 2.65. The number of rotatable bonds is 5. The number of fused-ring (bicyclic) bond motifs is 3. The molecule has 6 unspecified atom stereocenters. The smallest absolute Gasteiger partial charge is 0.416 e. The minimum Gasteiger partial charge on any atom is -0.482 e. The van der Waals surface area contributed by atoms with E-state index in [0.29, 0.717) is 33.4 Å². The lowest BCUT2D eigenvalue weighted by molar-refractivity contribution is -0.158. The third-order valence-corrected chi connectivity index (χ3v) is 12.3. The van der Waals surface area contributed by atoms with E-state index in [4.69, 9.17) is 13.7 Å². The van der Waals surface area contributed by atoms with Gasteiger partial charge in [0.2, 0.25) is 5.43 Å². The van der Waals surface area contributed by atoms with E-state index in [0.717, 1.165) is 17.0 Å². The average molecular weight is 604 g/mol. The number of ether oxygens (including phenoxy) is 2. The number of halogens is 3. The molecule has 2 bridgehead atoms. The number of carbonyl (C=O) groups excluding carboxylic acids is 1. The molecule has 212 valence electrons. The predicted molar refractivity (Wildman–Crippen MR) is 146 cm³/mol. The van der Waals surface area contributed by atoms with Gasteiger partial charge in [0.25, 0.3) is 10.1 Å². The Balaban J connectivity index is 1.12.